The summed E-state index contributed by atoms with van der Waals surface area (Å²) in [4.78, 5) is 23.8. The Hall–Kier alpha value is -3.13. The van der Waals surface area contributed by atoms with Gasteiger partial charge in [-0.1, -0.05) is 47.7 Å². The largest absolute Gasteiger partial charge is 0.368 e. The molecule has 0 saturated heterocycles. The zero-order valence-electron chi connectivity index (χ0n) is 15.7. The Morgan fingerprint density at radius 1 is 1.07 bits per heavy atom. The zero-order valence-corrected chi connectivity index (χ0v) is 16.5. The number of hydrogen-bond donors (Lipinski definition) is 2. The molecule has 28 heavy (non-hydrogen) atoms. The van der Waals surface area contributed by atoms with E-state index in [1.807, 2.05) is 62.4 Å². The number of benzene rings is 2. The summed E-state index contributed by atoms with van der Waals surface area (Å²) in [7, 11) is 0. The van der Waals surface area contributed by atoms with Gasteiger partial charge >= 0.3 is 0 Å². The molecule has 0 unspecified atom stereocenters. The summed E-state index contributed by atoms with van der Waals surface area (Å²) in [5, 5.41) is 11.7. The number of carbonyl (C=O) groups is 2. The molecule has 0 saturated carbocycles. The molecule has 0 aliphatic carbocycles. The third kappa shape index (κ3) is 4.98. The third-order valence-electron chi connectivity index (χ3n) is 3.94. The molecule has 3 aromatic rings. The van der Waals surface area contributed by atoms with Crippen molar-refractivity contribution >= 4 is 29.3 Å². The van der Waals surface area contributed by atoms with Crippen LogP contribution in [-0.2, 0) is 16.1 Å². The average molecular weight is 395 g/mol. The first-order valence-electron chi connectivity index (χ1n) is 8.70. The zero-order chi connectivity index (χ0) is 20.1. The summed E-state index contributed by atoms with van der Waals surface area (Å²) in [6, 6.07) is 15.3. The van der Waals surface area contributed by atoms with Gasteiger partial charge in [0.15, 0.2) is 11.0 Å². The number of nitrogens with two attached hydrogens (primary N) is 1. The molecule has 3 N–H and O–H groups in total. The number of amides is 2. The van der Waals surface area contributed by atoms with E-state index >= 15 is 0 Å². The smallest absolute Gasteiger partial charge is 0.237 e. The van der Waals surface area contributed by atoms with Gasteiger partial charge in [0, 0.05) is 11.3 Å². The van der Waals surface area contributed by atoms with Gasteiger partial charge in [0.2, 0.25) is 11.8 Å². The number of thioether (sulfide) groups is 1. The molecule has 1 heterocycles. The van der Waals surface area contributed by atoms with E-state index in [4.69, 9.17) is 5.73 Å². The van der Waals surface area contributed by atoms with Crippen molar-refractivity contribution in [2.45, 2.75) is 25.5 Å². The fourth-order valence-corrected chi connectivity index (χ4v) is 3.48. The number of hydrogen-bond acceptors (Lipinski definition) is 5. The van der Waals surface area contributed by atoms with Gasteiger partial charge in [-0.3, -0.25) is 14.2 Å². The fourth-order valence-electron chi connectivity index (χ4n) is 2.74. The molecular formula is C20H21N5O2S. The van der Waals surface area contributed by atoms with Crippen LogP contribution < -0.4 is 11.1 Å². The molecule has 0 bridgehead atoms. The molecule has 8 heteroatoms. The van der Waals surface area contributed by atoms with Crippen molar-refractivity contribution in [1.29, 1.82) is 0 Å². The highest BCUT2D eigenvalue weighted by atomic mass is 32.2. The fraction of sp³-hybridized carbons (Fsp3) is 0.200. The number of nitrogens with one attached hydrogen (secondary N) is 1. The van der Waals surface area contributed by atoms with Crippen LogP contribution >= 0.6 is 11.8 Å². The maximum Gasteiger partial charge on any atom is 0.237 e. The number of nitrogens with zero attached hydrogens (tertiary/aromatic N) is 3. The van der Waals surface area contributed by atoms with E-state index in [1.54, 1.807) is 4.57 Å². The van der Waals surface area contributed by atoms with E-state index in [0.717, 1.165) is 22.4 Å². The molecule has 3 rings (SSSR count). The van der Waals surface area contributed by atoms with Crippen LogP contribution in [-0.4, -0.2) is 32.3 Å². The van der Waals surface area contributed by atoms with Gasteiger partial charge in [0.05, 0.1) is 5.75 Å². The minimum absolute atomic E-state index is 0.0574. The summed E-state index contributed by atoms with van der Waals surface area (Å²) in [6.07, 6.45) is 0. The highest BCUT2D eigenvalue weighted by Gasteiger charge is 2.17. The summed E-state index contributed by atoms with van der Waals surface area (Å²) in [6.45, 7) is 3.88. The molecule has 144 valence electrons. The standard InChI is InChI=1S/C20H21N5O2S/c1-13-5-3-7-15(9-13)19-23-24-20(25(19)11-17(21)26)28-12-18(27)22-16-8-4-6-14(2)10-16/h3-10H,11-12H2,1-2H3,(H2,21,26)(H,22,27). The minimum Gasteiger partial charge on any atom is -0.368 e. The Kier molecular flexibility index (Phi) is 6.10. The molecule has 0 spiro atoms. The van der Waals surface area contributed by atoms with Crippen molar-refractivity contribution in [3.63, 3.8) is 0 Å². The van der Waals surface area contributed by atoms with Crippen LogP contribution in [0.25, 0.3) is 11.4 Å². The molecule has 2 amide bonds. The van der Waals surface area contributed by atoms with Crippen LogP contribution in [0, 0.1) is 13.8 Å². The Morgan fingerprint density at radius 2 is 1.79 bits per heavy atom. The first kappa shape index (κ1) is 19.6. The molecule has 7 nitrogen and oxygen atoms in total. The van der Waals surface area contributed by atoms with Crippen molar-refractivity contribution in [2.75, 3.05) is 11.1 Å². The Labute approximate surface area is 167 Å². The number of primary amides is 1. The Morgan fingerprint density at radius 3 is 2.46 bits per heavy atom. The second-order valence-electron chi connectivity index (χ2n) is 6.43. The van der Waals surface area contributed by atoms with Crippen molar-refractivity contribution in [1.82, 2.24) is 14.8 Å². The van der Waals surface area contributed by atoms with Crippen LogP contribution in [0.4, 0.5) is 5.69 Å². The first-order chi connectivity index (χ1) is 13.4. The van der Waals surface area contributed by atoms with Gasteiger partial charge in [-0.25, -0.2) is 0 Å². The maximum atomic E-state index is 12.3. The molecular weight excluding hydrogens is 374 g/mol. The molecule has 0 atom stereocenters. The van der Waals surface area contributed by atoms with Gasteiger partial charge in [0.25, 0.3) is 0 Å². The highest BCUT2D eigenvalue weighted by molar-refractivity contribution is 7.99. The van der Waals surface area contributed by atoms with E-state index in [2.05, 4.69) is 15.5 Å². The SMILES string of the molecule is Cc1cccc(NC(=O)CSc2nnc(-c3cccc(C)c3)n2CC(N)=O)c1. The highest BCUT2D eigenvalue weighted by Crippen LogP contribution is 2.24. The lowest BCUT2D eigenvalue weighted by Crippen LogP contribution is -2.20. The summed E-state index contributed by atoms with van der Waals surface area (Å²) in [5.74, 6) is 0.0174. The average Bonchev–Trinajstić information content (AvgIpc) is 3.02. The van der Waals surface area contributed by atoms with Crippen LogP contribution in [0.5, 0.6) is 0 Å². The van der Waals surface area contributed by atoms with E-state index < -0.39 is 5.91 Å². The van der Waals surface area contributed by atoms with E-state index in [-0.39, 0.29) is 18.2 Å². The number of aromatic nitrogens is 3. The van der Waals surface area contributed by atoms with E-state index in [9.17, 15) is 9.59 Å². The summed E-state index contributed by atoms with van der Waals surface area (Å²) < 4.78 is 1.64. The van der Waals surface area contributed by atoms with E-state index in [0.29, 0.717) is 11.0 Å². The first-order valence-corrected chi connectivity index (χ1v) is 9.69. The number of aryl methyl sites for hydroxylation is 2. The quantitative estimate of drug-likeness (QED) is 0.599. The van der Waals surface area contributed by atoms with Gasteiger partial charge in [0.1, 0.15) is 6.54 Å². The summed E-state index contributed by atoms with van der Waals surface area (Å²) >= 11 is 1.21. The lowest BCUT2D eigenvalue weighted by Gasteiger charge is -2.09. The molecule has 0 fully saturated rings. The molecule has 0 radical (unpaired) electrons. The maximum absolute atomic E-state index is 12.3. The van der Waals surface area contributed by atoms with Gasteiger partial charge in [-0.2, -0.15) is 0 Å². The topological polar surface area (TPSA) is 103 Å². The lowest BCUT2D eigenvalue weighted by molar-refractivity contribution is -0.118. The van der Waals surface area contributed by atoms with Crippen LogP contribution in [0.15, 0.2) is 53.7 Å². The molecule has 0 aliphatic rings. The molecule has 1 aromatic heterocycles. The second-order valence-corrected chi connectivity index (χ2v) is 7.38. The number of rotatable bonds is 7. The van der Waals surface area contributed by atoms with Crippen molar-refractivity contribution < 1.29 is 9.59 Å². The number of carbonyl (C=O) groups excluding carboxylic acids is 2. The molecule has 0 aliphatic heterocycles. The van der Waals surface area contributed by atoms with Crippen molar-refractivity contribution in [3.05, 3.63) is 59.7 Å². The minimum atomic E-state index is -0.500. The number of anilines is 1. The monoisotopic (exact) mass is 395 g/mol. The lowest BCUT2D eigenvalue weighted by atomic mass is 10.1. The predicted octanol–water partition coefficient (Wildman–Crippen LogP) is 2.78. The van der Waals surface area contributed by atoms with Crippen LogP contribution in [0.3, 0.4) is 0 Å². The van der Waals surface area contributed by atoms with Gasteiger partial charge in [-0.05, 0) is 37.6 Å². The van der Waals surface area contributed by atoms with Crippen molar-refractivity contribution in [2.24, 2.45) is 5.73 Å². The van der Waals surface area contributed by atoms with Crippen LogP contribution in [0.1, 0.15) is 11.1 Å². The Balaban J connectivity index is 1.76. The third-order valence-corrected chi connectivity index (χ3v) is 4.91. The van der Waals surface area contributed by atoms with Crippen molar-refractivity contribution in [3.8, 4) is 11.4 Å². The molecule has 2 aromatic carbocycles. The predicted molar refractivity (Wildman–Crippen MR) is 110 cm³/mol. The normalized spacial score (nSPS) is 10.6. The second kappa shape index (κ2) is 8.71. The van der Waals surface area contributed by atoms with E-state index in [1.165, 1.54) is 11.8 Å². The van der Waals surface area contributed by atoms with Gasteiger partial charge < -0.3 is 11.1 Å². The van der Waals surface area contributed by atoms with Gasteiger partial charge in [-0.15, -0.1) is 10.2 Å². The van der Waals surface area contributed by atoms with Crippen LogP contribution in [0.2, 0.25) is 0 Å². The summed E-state index contributed by atoms with van der Waals surface area (Å²) in [5.41, 5.74) is 9.11. The Bertz CT molecular complexity index is 1020.